The Morgan fingerprint density at radius 3 is 2.45 bits per heavy atom. The molecule has 0 unspecified atom stereocenters. The van der Waals surface area contributed by atoms with Crippen LogP contribution in [0.15, 0.2) is 61.2 Å². The fourth-order valence-corrected chi connectivity index (χ4v) is 4.53. The molecular formula is C26H29ClN2O4. The van der Waals surface area contributed by atoms with Gasteiger partial charge in [0.15, 0.2) is 0 Å². The Bertz CT molecular complexity index is 1050. The standard InChI is InChI=1S/C26H29ClN2O4/c1-5-22(28-23(30)18-7-6-8-19(15-18)25(32)33-4)24(31)29-14-13-21(26(2,3)16-29)17-9-11-20(27)12-10-17/h5-12,15,21-22H,1,13-14,16H2,2-4H3,(H,28,30)/t21-,22-/m1/s1. The van der Waals surface area contributed by atoms with E-state index < -0.39 is 17.9 Å². The highest BCUT2D eigenvalue weighted by Gasteiger charge is 2.39. The molecule has 2 amide bonds. The first-order valence-electron chi connectivity index (χ1n) is 10.8. The number of methoxy groups -OCH3 is 1. The lowest BCUT2D eigenvalue weighted by Gasteiger charge is -2.45. The first-order valence-corrected chi connectivity index (χ1v) is 11.2. The SMILES string of the molecule is C=C[C@@H](NC(=O)c1cccc(C(=O)OC)c1)C(=O)N1CC[C@H](c2ccc(Cl)cc2)C(C)(C)C1. The fourth-order valence-electron chi connectivity index (χ4n) is 4.41. The number of esters is 1. The molecule has 33 heavy (non-hydrogen) atoms. The number of amides is 2. The summed E-state index contributed by atoms with van der Waals surface area (Å²) in [4.78, 5) is 39.5. The highest BCUT2D eigenvalue weighted by molar-refractivity contribution is 6.30. The van der Waals surface area contributed by atoms with Crippen LogP contribution in [0.3, 0.4) is 0 Å². The molecule has 1 aliphatic heterocycles. The summed E-state index contributed by atoms with van der Waals surface area (Å²) in [5.74, 6) is -0.914. The highest BCUT2D eigenvalue weighted by Crippen LogP contribution is 2.42. The van der Waals surface area contributed by atoms with E-state index >= 15 is 0 Å². The Labute approximate surface area is 199 Å². The second kappa shape index (κ2) is 10.2. The predicted molar refractivity (Wildman–Crippen MR) is 128 cm³/mol. The molecule has 174 valence electrons. The van der Waals surface area contributed by atoms with Gasteiger partial charge in [0, 0.05) is 23.7 Å². The Kier molecular flexibility index (Phi) is 7.59. The van der Waals surface area contributed by atoms with E-state index in [-0.39, 0.29) is 28.4 Å². The molecule has 0 aliphatic carbocycles. The summed E-state index contributed by atoms with van der Waals surface area (Å²) in [6.45, 7) is 9.16. The quantitative estimate of drug-likeness (QED) is 0.502. The molecule has 1 saturated heterocycles. The third kappa shape index (κ3) is 5.63. The van der Waals surface area contributed by atoms with Crippen LogP contribution < -0.4 is 5.32 Å². The number of nitrogens with zero attached hydrogens (tertiary/aromatic N) is 1. The smallest absolute Gasteiger partial charge is 0.337 e. The normalized spacial score (nSPS) is 18.2. The van der Waals surface area contributed by atoms with Crippen molar-refractivity contribution < 1.29 is 19.1 Å². The largest absolute Gasteiger partial charge is 0.465 e. The van der Waals surface area contributed by atoms with Crippen molar-refractivity contribution in [3.05, 3.63) is 82.9 Å². The monoisotopic (exact) mass is 468 g/mol. The second-order valence-electron chi connectivity index (χ2n) is 8.90. The van der Waals surface area contributed by atoms with Crippen molar-refractivity contribution in [2.45, 2.75) is 32.2 Å². The Balaban J connectivity index is 1.69. The van der Waals surface area contributed by atoms with Crippen LogP contribution in [0.1, 0.15) is 52.5 Å². The number of piperidine rings is 1. The van der Waals surface area contributed by atoms with Crippen LogP contribution in [0, 0.1) is 5.41 Å². The zero-order valence-corrected chi connectivity index (χ0v) is 19.9. The minimum Gasteiger partial charge on any atom is -0.465 e. The molecule has 0 aromatic heterocycles. The summed E-state index contributed by atoms with van der Waals surface area (Å²) in [6, 6.07) is 13.2. The number of hydrogen-bond donors (Lipinski definition) is 1. The molecule has 6 nitrogen and oxygen atoms in total. The van der Waals surface area contributed by atoms with E-state index in [2.05, 4.69) is 25.7 Å². The van der Waals surface area contributed by atoms with Crippen LogP contribution in [0.5, 0.6) is 0 Å². The average Bonchev–Trinajstić information content (AvgIpc) is 2.81. The number of ether oxygens (including phenoxy) is 1. The minimum absolute atomic E-state index is 0.160. The first kappa shape index (κ1) is 24.5. The van der Waals surface area contributed by atoms with Gasteiger partial charge in [-0.2, -0.15) is 0 Å². The number of likely N-dealkylation sites (tertiary alicyclic amines) is 1. The number of benzene rings is 2. The molecule has 7 heteroatoms. The Hall–Kier alpha value is -3.12. The fraction of sp³-hybridized carbons (Fsp3) is 0.346. The van der Waals surface area contributed by atoms with Crippen LogP contribution in [-0.2, 0) is 9.53 Å². The molecule has 1 heterocycles. The maximum Gasteiger partial charge on any atom is 0.337 e. The summed E-state index contributed by atoms with van der Waals surface area (Å²) in [6.07, 6.45) is 2.24. The van der Waals surface area contributed by atoms with Crippen LogP contribution in [-0.4, -0.2) is 48.9 Å². The average molecular weight is 469 g/mol. The summed E-state index contributed by atoms with van der Waals surface area (Å²) >= 11 is 6.03. The summed E-state index contributed by atoms with van der Waals surface area (Å²) in [7, 11) is 1.28. The van der Waals surface area contributed by atoms with E-state index in [9.17, 15) is 14.4 Å². The van der Waals surface area contributed by atoms with Crippen molar-refractivity contribution in [3.8, 4) is 0 Å². The van der Waals surface area contributed by atoms with E-state index in [1.807, 2.05) is 24.3 Å². The van der Waals surface area contributed by atoms with E-state index in [0.717, 1.165) is 6.42 Å². The molecule has 0 radical (unpaired) electrons. The molecule has 2 atom stereocenters. The lowest BCUT2D eigenvalue weighted by atomic mass is 9.70. The van der Waals surface area contributed by atoms with Crippen molar-refractivity contribution in [2.75, 3.05) is 20.2 Å². The summed E-state index contributed by atoms with van der Waals surface area (Å²) < 4.78 is 4.70. The highest BCUT2D eigenvalue weighted by atomic mass is 35.5. The zero-order chi connectivity index (χ0) is 24.2. The molecule has 1 N–H and O–H groups in total. The lowest BCUT2D eigenvalue weighted by Crippen LogP contribution is -2.53. The Morgan fingerprint density at radius 2 is 1.85 bits per heavy atom. The molecule has 0 saturated carbocycles. The van der Waals surface area contributed by atoms with Crippen molar-refractivity contribution in [3.63, 3.8) is 0 Å². The summed E-state index contributed by atoms with van der Waals surface area (Å²) in [5, 5.41) is 3.43. The van der Waals surface area contributed by atoms with Gasteiger partial charge < -0.3 is 15.0 Å². The Morgan fingerprint density at radius 1 is 1.18 bits per heavy atom. The van der Waals surface area contributed by atoms with E-state index in [0.29, 0.717) is 18.1 Å². The predicted octanol–water partition coefficient (Wildman–Crippen LogP) is 4.45. The van der Waals surface area contributed by atoms with Gasteiger partial charge in [-0.3, -0.25) is 9.59 Å². The van der Waals surface area contributed by atoms with Crippen molar-refractivity contribution in [1.82, 2.24) is 10.2 Å². The molecule has 0 spiro atoms. The van der Waals surface area contributed by atoms with Crippen LogP contribution in [0.25, 0.3) is 0 Å². The molecule has 0 bridgehead atoms. The molecule has 1 fully saturated rings. The van der Waals surface area contributed by atoms with Gasteiger partial charge in [0.1, 0.15) is 6.04 Å². The third-order valence-corrected chi connectivity index (χ3v) is 6.40. The third-order valence-electron chi connectivity index (χ3n) is 6.15. The van der Waals surface area contributed by atoms with E-state index in [1.165, 1.54) is 24.8 Å². The van der Waals surface area contributed by atoms with Gasteiger partial charge in [-0.1, -0.05) is 49.7 Å². The topological polar surface area (TPSA) is 75.7 Å². The van der Waals surface area contributed by atoms with Crippen molar-refractivity contribution in [2.24, 2.45) is 5.41 Å². The van der Waals surface area contributed by atoms with Crippen LogP contribution in [0.2, 0.25) is 5.02 Å². The minimum atomic E-state index is -0.873. The molecule has 2 aromatic carbocycles. The van der Waals surface area contributed by atoms with E-state index in [1.54, 1.807) is 23.1 Å². The molecule has 1 aliphatic rings. The number of rotatable bonds is 6. The van der Waals surface area contributed by atoms with Gasteiger partial charge in [-0.25, -0.2) is 4.79 Å². The second-order valence-corrected chi connectivity index (χ2v) is 9.34. The van der Waals surface area contributed by atoms with Gasteiger partial charge in [0.05, 0.1) is 12.7 Å². The van der Waals surface area contributed by atoms with Gasteiger partial charge in [0.2, 0.25) is 5.91 Å². The summed E-state index contributed by atoms with van der Waals surface area (Å²) in [5.41, 5.74) is 1.57. The number of carbonyl (C=O) groups is 3. The van der Waals surface area contributed by atoms with Gasteiger partial charge >= 0.3 is 5.97 Å². The molecule has 3 rings (SSSR count). The maximum absolute atomic E-state index is 13.2. The van der Waals surface area contributed by atoms with E-state index in [4.69, 9.17) is 16.3 Å². The lowest BCUT2D eigenvalue weighted by molar-refractivity contribution is -0.135. The van der Waals surface area contributed by atoms with Crippen molar-refractivity contribution in [1.29, 1.82) is 0 Å². The maximum atomic E-state index is 13.2. The molecule has 2 aromatic rings. The number of nitrogens with one attached hydrogen (secondary N) is 1. The number of hydrogen-bond acceptors (Lipinski definition) is 4. The number of halogens is 1. The van der Waals surface area contributed by atoms with Crippen LogP contribution >= 0.6 is 11.6 Å². The van der Waals surface area contributed by atoms with Gasteiger partial charge in [-0.05, 0) is 53.6 Å². The first-order chi connectivity index (χ1) is 15.7. The number of carbonyl (C=O) groups excluding carboxylic acids is 3. The van der Waals surface area contributed by atoms with Crippen molar-refractivity contribution >= 4 is 29.4 Å². The zero-order valence-electron chi connectivity index (χ0n) is 19.1. The van der Waals surface area contributed by atoms with Crippen LogP contribution in [0.4, 0.5) is 0 Å². The van der Waals surface area contributed by atoms with Gasteiger partial charge in [-0.15, -0.1) is 6.58 Å². The van der Waals surface area contributed by atoms with Gasteiger partial charge in [0.25, 0.3) is 5.91 Å². The molecular weight excluding hydrogens is 440 g/mol.